The second kappa shape index (κ2) is 5.01. The molecule has 0 unspecified atom stereocenters. The number of fused-ring (bicyclic) bond motifs is 3. The first-order chi connectivity index (χ1) is 10.4. The van der Waals surface area contributed by atoms with Crippen molar-refractivity contribution >= 4 is 14.1 Å². The summed E-state index contributed by atoms with van der Waals surface area (Å²) in [5, 5.41) is 11.2. The third-order valence-corrected chi connectivity index (χ3v) is 11.3. The number of ketones is 1. The van der Waals surface area contributed by atoms with Crippen LogP contribution in [0.3, 0.4) is 0 Å². The Labute approximate surface area is 140 Å². The van der Waals surface area contributed by atoms with E-state index >= 15 is 0 Å². The van der Waals surface area contributed by atoms with Gasteiger partial charge >= 0.3 is 0 Å². The van der Waals surface area contributed by atoms with Gasteiger partial charge in [0, 0.05) is 24.2 Å². The third-order valence-electron chi connectivity index (χ3n) is 6.83. The largest absolute Gasteiger partial charge is 0.413 e. The van der Waals surface area contributed by atoms with Gasteiger partial charge < -0.3 is 14.3 Å². The van der Waals surface area contributed by atoms with Crippen LogP contribution in [0, 0.1) is 11.3 Å². The highest BCUT2D eigenvalue weighted by molar-refractivity contribution is 6.74. The SMILES string of the molecule is CC(C)(C)[Si](C)(C)O[C@H]1C[C@H]2OC[C@@]2(O)[C@H]2CC(=O)C=C[C@]12C. The quantitative estimate of drug-likeness (QED) is 0.786. The zero-order valence-electron chi connectivity index (χ0n) is 15.2. The Morgan fingerprint density at radius 2 is 2.04 bits per heavy atom. The molecule has 1 saturated heterocycles. The fourth-order valence-electron chi connectivity index (χ4n) is 4.05. The number of hydrogen-bond acceptors (Lipinski definition) is 4. The van der Waals surface area contributed by atoms with Gasteiger partial charge in [0.05, 0.1) is 18.8 Å². The van der Waals surface area contributed by atoms with Crippen LogP contribution in [0.25, 0.3) is 0 Å². The van der Waals surface area contributed by atoms with Gasteiger partial charge in [-0.1, -0.05) is 33.8 Å². The standard InChI is InChI=1S/C18H30O4Si/c1-16(2,3)23(5,6)22-14-10-15-18(20,11-21-15)13-9-12(19)7-8-17(13,14)4/h7-8,13-15,20H,9-11H2,1-6H3/t13-,14-,15+,17-,18+/m0/s1. The van der Waals surface area contributed by atoms with Gasteiger partial charge in [-0.2, -0.15) is 0 Å². The summed E-state index contributed by atoms with van der Waals surface area (Å²) in [5.74, 6) is -0.0192. The Hall–Kier alpha value is -0.493. The van der Waals surface area contributed by atoms with Crippen molar-refractivity contribution in [1.82, 2.24) is 0 Å². The highest BCUT2D eigenvalue weighted by atomic mass is 28.4. The summed E-state index contributed by atoms with van der Waals surface area (Å²) < 4.78 is 12.4. The zero-order chi connectivity index (χ0) is 17.3. The minimum absolute atomic E-state index is 0.0108. The minimum atomic E-state index is -1.94. The van der Waals surface area contributed by atoms with Crippen LogP contribution in [0.5, 0.6) is 0 Å². The van der Waals surface area contributed by atoms with E-state index in [1.165, 1.54) is 0 Å². The number of carbonyl (C=O) groups excluding carboxylic acids is 1. The lowest BCUT2D eigenvalue weighted by atomic mass is 9.53. The van der Waals surface area contributed by atoms with Crippen molar-refractivity contribution in [2.75, 3.05) is 6.61 Å². The first-order valence-electron chi connectivity index (χ1n) is 8.64. The molecule has 2 aliphatic carbocycles. The van der Waals surface area contributed by atoms with Crippen LogP contribution in [-0.4, -0.2) is 43.6 Å². The number of aliphatic hydroxyl groups is 1. The summed E-state index contributed by atoms with van der Waals surface area (Å²) >= 11 is 0. The van der Waals surface area contributed by atoms with Gasteiger partial charge in [-0.15, -0.1) is 0 Å². The first-order valence-corrected chi connectivity index (χ1v) is 11.5. The van der Waals surface area contributed by atoms with E-state index in [9.17, 15) is 9.90 Å². The third kappa shape index (κ3) is 2.47. The van der Waals surface area contributed by atoms with Crippen molar-refractivity contribution < 1.29 is 19.1 Å². The molecule has 23 heavy (non-hydrogen) atoms. The average molecular weight is 339 g/mol. The van der Waals surface area contributed by atoms with Crippen molar-refractivity contribution in [2.45, 2.75) is 76.5 Å². The smallest absolute Gasteiger partial charge is 0.192 e. The van der Waals surface area contributed by atoms with E-state index < -0.39 is 13.9 Å². The topological polar surface area (TPSA) is 55.8 Å². The molecular formula is C18H30O4Si. The van der Waals surface area contributed by atoms with Crippen molar-refractivity contribution in [3.8, 4) is 0 Å². The number of hydrogen-bond donors (Lipinski definition) is 1. The van der Waals surface area contributed by atoms with Crippen molar-refractivity contribution in [2.24, 2.45) is 11.3 Å². The van der Waals surface area contributed by atoms with Crippen molar-refractivity contribution in [3.63, 3.8) is 0 Å². The Morgan fingerprint density at radius 3 is 2.57 bits per heavy atom. The molecule has 130 valence electrons. The second-order valence-electron chi connectivity index (χ2n) is 9.32. The van der Waals surface area contributed by atoms with Crippen LogP contribution < -0.4 is 0 Å². The summed E-state index contributed by atoms with van der Waals surface area (Å²) in [6, 6.07) is 0. The predicted octanol–water partition coefficient (Wildman–Crippen LogP) is 3.06. The van der Waals surface area contributed by atoms with Crippen molar-refractivity contribution in [3.05, 3.63) is 12.2 Å². The number of ether oxygens (including phenoxy) is 1. The van der Waals surface area contributed by atoms with Gasteiger partial charge in [0.2, 0.25) is 0 Å². The lowest BCUT2D eigenvalue weighted by molar-refractivity contribution is -0.310. The molecule has 1 N–H and O–H groups in total. The van der Waals surface area contributed by atoms with Crippen LogP contribution in [0.1, 0.15) is 40.5 Å². The molecule has 0 spiro atoms. The predicted molar refractivity (Wildman–Crippen MR) is 91.7 cm³/mol. The Bertz CT molecular complexity index is 550. The maximum absolute atomic E-state index is 12.0. The van der Waals surface area contributed by atoms with Crippen LogP contribution in [-0.2, 0) is 14.0 Å². The summed E-state index contributed by atoms with van der Waals surface area (Å²) in [6.07, 6.45) is 4.56. The molecule has 0 aromatic heterocycles. The highest BCUT2D eigenvalue weighted by Crippen LogP contribution is 2.57. The Balaban J connectivity index is 1.95. The van der Waals surface area contributed by atoms with E-state index in [1.807, 2.05) is 6.08 Å². The summed E-state index contributed by atoms with van der Waals surface area (Å²) in [7, 11) is -1.94. The van der Waals surface area contributed by atoms with E-state index in [-0.39, 0.29) is 34.4 Å². The fourth-order valence-corrected chi connectivity index (χ4v) is 5.46. The molecule has 3 aliphatic rings. The Kier molecular flexibility index (Phi) is 3.77. The zero-order valence-corrected chi connectivity index (χ0v) is 16.2. The van der Waals surface area contributed by atoms with Gasteiger partial charge in [0.1, 0.15) is 5.60 Å². The van der Waals surface area contributed by atoms with Gasteiger partial charge in [0.15, 0.2) is 14.1 Å². The highest BCUT2D eigenvalue weighted by Gasteiger charge is 2.65. The molecular weight excluding hydrogens is 308 g/mol. The van der Waals surface area contributed by atoms with E-state index in [2.05, 4.69) is 40.8 Å². The van der Waals surface area contributed by atoms with Crippen LogP contribution in [0.2, 0.25) is 18.1 Å². The summed E-state index contributed by atoms with van der Waals surface area (Å²) in [6.45, 7) is 13.7. The van der Waals surface area contributed by atoms with Crippen LogP contribution in [0.15, 0.2) is 12.2 Å². The maximum atomic E-state index is 12.0. The molecule has 1 heterocycles. The lowest BCUT2D eigenvalue weighted by Crippen LogP contribution is -2.73. The number of allylic oxidation sites excluding steroid dienone is 1. The molecule has 5 atom stereocenters. The lowest BCUT2D eigenvalue weighted by Gasteiger charge is -2.63. The summed E-state index contributed by atoms with van der Waals surface area (Å²) in [5.41, 5.74) is -1.18. The molecule has 0 radical (unpaired) electrons. The van der Waals surface area contributed by atoms with Gasteiger partial charge in [-0.25, -0.2) is 0 Å². The normalized spacial score (nSPS) is 43.6. The molecule has 0 amide bonds. The molecule has 4 nitrogen and oxygen atoms in total. The molecule has 2 fully saturated rings. The number of carbonyl (C=O) groups is 1. The monoisotopic (exact) mass is 338 g/mol. The van der Waals surface area contributed by atoms with Gasteiger partial charge in [-0.3, -0.25) is 4.79 Å². The minimum Gasteiger partial charge on any atom is -0.413 e. The van der Waals surface area contributed by atoms with Crippen LogP contribution in [0.4, 0.5) is 0 Å². The van der Waals surface area contributed by atoms with E-state index in [1.54, 1.807) is 6.08 Å². The molecule has 0 aromatic rings. The molecule has 5 heteroatoms. The van der Waals surface area contributed by atoms with Gasteiger partial charge in [-0.05, 0) is 24.2 Å². The molecule has 0 aromatic carbocycles. The molecule has 1 aliphatic heterocycles. The fraction of sp³-hybridized carbons (Fsp3) is 0.833. The summed E-state index contributed by atoms with van der Waals surface area (Å²) in [4.78, 5) is 12.0. The number of rotatable bonds is 2. The van der Waals surface area contributed by atoms with E-state index in [0.29, 0.717) is 19.4 Å². The van der Waals surface area contributed by atoms with E-state index in [0.717, 1.165) is 0 Å². The van der Waals surface area contributed by atoms with E-state index in [4.69, 9.17) is 9.16 Å². The molecule has 3 rings (SSSR count). The molecule has 1 saturated carbocycles. The Morgan fingerprint density at radius 1 is 1.39 bits per heavy atom. The van der Waals surface area contributed by atoms with Gasteiger partial charge in [0.25, 0.3) is 0 Å². The average Bonchev–Trinajstić information content (AvgIpc) is 2.41. The van der Waals surface area contributed by atoms with Crippen molar-refractivity contribution in [1.29, 1.82) is 0 Å². The maximum Gasteiger partial charge on any atom is 0.192 e. The molecule has 0 bridgehead atoms. The first kappa shape index (κ1) is 17.3. The van der Waals surface area contributed by atoms with Crippen LogP contribution >= 0.6 is 0 Å². The second-order valence-corrected chi connectivity index (χ2v) is 14.1.